The van der Waals surface area contributed by atoms with Gasteiger partial charge in [-0.15, -0.1) is 0 Å². The maximum Gasteiger partial charge on any atom is 0.270 e. The molecule has 1 aromatic carbocycles. The van der Waals surface area contributed by atoms with Crippen molar-refractivity contribution in [3.63, 3.8) is 0 Å². The molecule has 0 unspecified atom stereocenters. The van der Waals surface area contributed by atoms with Crippen molar-refractivity contribution in [2.45, 2.75) is 6.54 Å². The highest BCUT2D eigenvalue weighted by Gasteiger charge is 2.04. The minimum atomic E-state index is -0.499. The van der Waals surface area contributed by atoms with Crippen LogP contribution in [0.2, 0.25) is 0 Å². The summed E-state index contributed by atoms with van der Waals surface area (Å²) in [6.45, 7) is -0.00766. The standard InChI is InChI=1S/C11H10N6O3/c18-11(6-16-8-12-7-14-16)15-13-5-9-2-1-3-10(4-9)17(19)20/h1-5,7-8H,6H2,(H,15,18)/b13-5+. The Morgan fingerprint density at radius 1 is 1.55 bits per heavy atom. The molecule has 2 rings (SSSR count). The highest BCUT2D eigenvalue weighted by molar-refractivity contribution is 5.82. The Morgan fingerprint density at radius 3 is 3.10 bits per heavy atom. The SMILES string of the molecule is O=C(Cn1cncn1)N/N=C/c1cccc([N+](=O)[O-])c1. The lowest BCUT2D eigenvalue weighted by Gasteiger charge is -1.99. The molecule has 1 N–H and O–H groups in total. The second kappa shape index (κ2) is 6.18. The largest absolute Gasteiger partial charge is 0.271 e. The lowest BCUT2D eigenvalue weighted by molar-refractivity contribution is -0.384. The fraction of sp³-hybridized carbons (Fsp3) is 0.0909. The molecular weight excluding hydrogens is 264 g/mol. The van der Waals surface area contributed by atoms with Crippen molar-refractivity contribution in [2.75, 3.05) is 0 Å². The summed E-state index contributed by atoms with van der Waals surface area (Å²) >= 11 is 0. The van der Waals surface area contributed by atoms with Gasteiger partial charge in [0.1, 0.15) is 19.2 Å². The first kappa shape index (κ1) is 13.3. The number of nitro groups is 1. The smallest absolute Gasteiger partial charge is 0.270 e. The topological polar surface area (TPSA) is 115 Å². The molecule has 0 aliphatic heterocycles. The number of carbonyl (C=O) groups excluding carboxylic acids is 1. The van der Waals surface area contributed by atoms with E-state index in [1.807, 2.05) is 0 Å². The number of hydrogen-bond donors (Lipinski definition) is 1. The monoisotopic (exact) mass is 274 g/mol. The number of rotatable bonds is 5. The zero-order valence-corrected chi connectivity index (χ0v) is 10.2. The quantitative estimate of drug-likeness (QED) is 0.479. The first-order valence-corrected chi connectivity index (χ1v) is 5.54. The number of nitro benzene ring substituents is 1. The summed E-state index contributed by atoms with van der Waals surface area (Å²) in [5, 5.41) is 18.1. The summed E-state index contributed by atoms with van der Waals surface area (Å²) in [7, 11) is 0. The first-order chi connectivity index (χ1) is 9.65. The number of hydrazone groups is 1. The minimum Gasteiger partial charge on any atom is -0.271 e. The van der Waals surface area contributed by atoms with Crippen LogP contribution in [0, 0.1) is 10.1 Å². The van der Waals surface area contributed by atoms with Gasteiger partial charge in [-0.1, -0.05) is 12.1 Å². The van der Waals surface area contributed by atoms with E-state index >= 15 is 0 Å². The van der Waals surface area contributed by atoms with Crippen molar-refractivity contribution < 1.29 is 9.72 Å². The third kappa shape index (κ3) is 3.70. The van der Waals surface area contributed by atoms with Crippen LogP contribution in [0.5, 0.6) is 0 Å². The summed E-state index contributed by atoms with van der Waals surface area (Å²) in [5.74, 6) is -0.378. The Bertz CT molecular complexity index is 637. The van der Waals surface area contributed by atoms with E-state index in [1.165, 1.54) is 41.8 Å². The van der Waals surface area contributed by atoms with Gasteiger partial charge in [-0.25, -0.2) is 15.1 Å². The predicted molar refractivity (Wildman–Crippen MR) is 68.9 cm³/mol. The van der Waals surface area contributed by atoms with Crippen LogP contribution in [0.25, 0.3) is 0 Å². The molecule has 0 atom stereocenters. The Morgan fingerprint density at radius 2 is 2.40 bits per heavy atom. The number of non-ortho nitro benzene ring substituents is 1. The number of hydrogen-bond acceptors (Lipinski definition) is 6. The summed E-state index contributed by atoms with van der Waals surface area (Å²) in [6.07, 6.45) is 4.05. The summed E-state index contributed by atoms with van der Waals surface area (Å²) in [5.41, 5.74) is 2.77. The van der Waals surface area contributed by atoms with Gasteiger partial charge < -0.3 is 0 Å². The summed E-state index contributed by atoms with van der Waals surface area (Å²) in [6, 6.07) is 5.91. The molecule has 102 valence electrons. The normalized spacial score (nSPS) is 10.6. The van der Waals surface area contributed by atoms with Crippen molar-refractivity contribution in [3.05, 3.63) is 52.6 Å². The van der Waals surface area contributed by atoms with Crippen molar-refractivity contribution in [1.82, 2.24) is 20.2 Å². The molecule has 0 saturated heterocycles. The molecule has 0 spiro atoms. The van der Waals surface area contributed by atoms with E-state index in [0.29, 0.717) is 5.56 Å². The van der Waals surface area contributed by atoms with E-state index in [0.717, 1.165) is 0 Å². The highest BCUT2D eigenvalue weighted by Crippen LogP contribution is 2.11. The van der Waals surface area contributed by atoms with E-state index < -0.39 is 4.92 Å². The van der Waals surface area contributed by atoms with Crippen molar-refractivity contribution in [3.8, 4) is 0 Å². The van der Waals surface area contributed by atoms with Gasteiger partial charge in [0.2, 0.25) is 0 Å². The van der Waals surface area contributed by atoms with E-state index in [1.54, 1.807) is 6.07 Å². The lowest BCUT2D eigenvalue weighted by atomic mass is 10.2. The molecule has 0 fully saturated rings. The maximum atomic E-state index is 11.5. The molecule has 0 radical (unpaired) electrons. The van der Waals surface area contributed by atoms with E-state index in [2.05, 4.69) is 20.6 Å². The number of benzene rings is 1. The molecule has 1 heterocycles. The van der Waals surface area contributed by atoms with Gasteiger partial charge in [0.25, 0.3) is 11.6 Å². The lowest BCUT2D eigenvalue weighted by Crippen LogP contribution is -2.23. The van der Waals surface area contributed by atoms with E-state index in [-0.39, 0.29) is 18.1 Å². The zero-order chi connectivity index (χ0) is 14.4. The third-order valence-corrected chi connectivity index (χ3v) is 2.26. The van der Waals surface area contributed by atoms with Crippen LogP contribution >= 0.6 is 0 Å². The van der Waals surface area contributed by atoms with Crippen molar-refractivity contribution >= 4 is 17.8 Å². The summed E-state index contributed by atoms with van der Waals surface area (Å²) < 4.78 is 1.35. The van der Waals surface area contributed by atoms with Crippen LogP contribution in [-0.4, -0.2) is 31.8 Å². The fourth-order valence-corrected chi connectivity index (χ4v) is 1.39. The van der Waals surface area contributed by atoms with Gasteiger partial charge >= 0.3 is 0 Å². The van der Waals surface area contributed by atoms with Crippen LogP contribution in [0.3, 0.4) is 0 Å². The average molecular weight is 274 g/mol. The molecule has 0 aliphatic carbocycles. The molecule has 0 bridgehead atoms. The number of nitrogens with one attached hydrogen (secondary N) is 1. The zero-order valence-electron chi connectivity index (χ0n) is 10.2. The first-order valence-electron chi connectivity index (χ1n) is 5.54. The van der Waals surface area contributed by atoms with Crippen LogP contribution < -0.4 is 5.43 Å². The van der Waals surface area contributed by atoms with Gasteiger partial charge in [-0.2, -0.15) is 10.2 Å². The average Bonchev–Trinajstić information content (AvgIpc) is 2.92. The Balaban J connectivity index is 1.91. The molecule has 20 heavy (non-hydrogen) atoms. The third-order valence-electron chi connectivity index (χ3n) is 2.26. The molecular formula is C11H10N6O3. The minimum absolute atomic E-state index is 0.00766. The van der Waals surface area contributed by atoms with Gasteiger partial charge in [0, 0.05) is 17.7 Å². The Hall–Kier alpha value is -3.10. The number of aromatic nitrogens is 3. The number of amides is 1. The van der Waals surface area contributed by atoms with Crippen LogP contribution in [0.4, 0.5) is 5.69 Å². The van der Waals surface area contributed by atoms with Gasteiger partial charge in [-0.3, -0.25) is 14.9 Å². The van der Waals surface area contributed by atoms with Gasteiger partial charge in [0.05, 0.1) is 11.1 Å². The van der Waals surface area contributed by atoms with E-state index in [9.17, 15) is 14.9 Å². The van der Waals surface area contributed by atoms with Crippen LogP contribution in [-0.2, 0) is 11.3 Å². The molecule has 1 aromatic heterocycles. The number of carbonyl (C=O) groups is 1. The van der Waals surface area contributed by atoms with Crippen LogP contribution in [0.15, 0.2) is 42.0 Å². The van der Waals surface area contributed by atoms with Crippen molar-refractivity contribution in [2.24, 2.45) is 5.10 Å². The Labute approximate surface area is 113 Å². The molecule has 9 nitrogen and oxygen atoms in total. The fourth-order valence-electron chi connectivity index (χ4n) is 1.39. The second-order valence-corrected chi connectivity index (χ2v) is 3.74. The maximum absolute atomic E-state index is 11.5. The molecule has 0 aliphatic rings. The van der Waals surface area contributed by atoms with Gasteiger partial charge in [0.15, 0.2) is 0 Å². The predicted octanol–water partition coefficient (Wildman–Crippen LogP) is 0.337. The Kier molecular flexibility index (Phi) is 4.12. The highest BCUT2D eigenvalue weighted by atomic mass is 16.6. The molecule has 9 heteroatoms. The van der Waals surface area contributed by atoms with Crippen LogP contribution in [0.1, 0.15) is 5.56 Å². The van der Waals surface area contributed by atoms with Crippen molar-refractivity contribution in [1.29, 1.82) is 0 Å². The molecule has 0 saturated carbocycles. The number of nitrogens with zero attached hydrogens (tertiary/aromatic N) is 5. The van der Waals surface area contributed by atoms with Gasteiger partial charge in [-0.05, 0) is 0 Å². The summed E-state index contributed by atoms with van der Waals surface area (Å²) in [4.78, 5) is 25.2. The van der Waals surface area contributed by atoms with E-state index in [4.69, 9.17) is 0 Å². The second-order valence-electron chi connectivity index (χ2n) is 3.74. The molecule has 1 amide bonds. The molecule has 2 aromatic rings.